The topological polar surface area (TPSA) is 0 Å². The zero-order chi connectivity index (χ0) is 4.00. The summed E-state index contributed by atoms with van der Waals surface area (Å²) in [5.41, 5.74) is 0. The van der Waals surface area contributed by atoms with E-state index in [1.54, 1.807) is 0 Å². The van der Waals surface area contributed by atoms with Crippen molar-refractivity contribution >= 4 is 23.3 Å². The number of hydrogen-bond donors (Lipinski definition) is 2. The number of hydrogen-bond acceptors (Lipinski definition) is 2. The Hall–Kier alpha value is 0.260. The number of thiol groups is 2. The van der Waals surface area contributed by atoms with Gasteiger partial charge in [0, 0.05) is 0 Å². The Bertz CT molecular complexity index is 8.75. The van der Waals surface area contributed by atoms with Gasteiger partial charge in [-0.2, -0.15) is 0 Å². The smallest absolute Gasteiger partial charge is 0.115 e. The lowest BCUT2D eigenvalue weighted by atomic mass is 11.4. The van der Waals surface area contributed by atoms with Crippen LogP contribution in [0, 0.1) is 12.8 Å². The van der Waals surface area contributed by atoms with Crippen LogP contribution in [0.1, 0.15) is 0 Å². The van der Waals surface area contributed by atoms with E-state index in [4.69, 9.17) is 0 Å². The fourth-order valence-electron chi connectivity index (χ4n) is 0. The molecular weight excluding hydrogens is 88.2 g/mol. The lowest BCUT2D eigenvalue weighted by Gasteiger charge is -1.11. The van der Waals surface area contributed by atoms with Crippen molar-refractivity contribution in [3.63, 3.8) is 0 Å². The highest BCUT2D eigenvalue weighted by Crippen LogP contribution is 1.65. The molecule has 0 nitrogen and oxygen atoms in total. The third-order valence-electron chi connectivity index (χ3n) is 0. The highest BCUT2D eigenvalue weighted by molar-refractivity contribution is 8.59. The molecule has 0 unspecified atom stereocenters. The Morgan fingerprint density at radius 1 is 1.00 bits per heavy atom. The molecular formula is C2H4S2. The molecule has 24 valence electrons. The zero-order valence-corrected chi connectivity index (χ0v) is 3.84. The maximum atomic E-state index is 4.00. The minimum absolute atomic E-state index is 3.22. The van der Waals surface area contributed by atoms with E-state index in [-0.39, 0.29) is 0 Å². The molecule has 0 saturated carbocycles. The van der Waals surface area contributed by atoms with Crippen LogP contribution in [0.25, 0.3) is 0 Å². The molecule has 0 atom stereocenters. The molecule has 0 radical (unpaired) electrons. The predicted octanol–water partition coefficient (Wildman–Crippen LogP) is 1.01. The van der Waals surface area contributed by atoms with Crippen LogP contribution in [-0.4, -0.2) is 0 Å². The van der Waals surface area contributed by atoms with E-state index < -0.39 is 0 Å². The molecule has 0 aromatic rings. The number of terminal acetylenes is 1. The van der Waals surface area contributed by atoms with Gasteiger partial charge >= 0.3 is 0 Å². The Morgan fingerprint density at radius 2 is 1.00 bits per heavy atom. The van der Waals surface area contributed by atoms with E-state index in [0.717, 1.165) is 0 Å². The molecule has 0 rings (SSSR count). The van der Waals surface area contributed by atoms with Crippen LogP contribution in [0.2, 0.25) is 0 Å². The summed E-state index contributed by atoms with van der Waals surface area (Å²) < 4.78 is 0. The summed E-state index contributed by atoms with van der Waals surface area (Å²) >= 11 is 6.44. The van der Waals surface area contributed by atoms with Crippen LogP contribution in [-0.2, 0) is 0 Å². The monoisotopic (exact) mass is 92.0 g/mol. The maximum absolute atomic E-state index is 4.00. The second kappa shape index (κ2) is 246. The zero-order valence-electron chi connectivity index (χ0n) is 2.05. The van der Waals surface area contributed by atoms with Crippen LogP contribution in [0.5, 0.6) is 0 Å². The van der Waals surface area contributed by atoms with Gasteiger partial charge < -0.3 is 0 Å². The Kier molecular flexibility index (Phi) is 546. The van der Waals surface area contributed by atoms with E-state index in [2.05, 4.69) is 36.2 Å². The van der Waals surface area contributed by atoms with Gasteiger partial charge in [0.1, 0.15) is 0 Å². The lowest BCUT2D eigenvalue weighted by molar-refractivity contribution is 3.31. The van der Waals surface area contributed by atoms with Crippen LogP contribution in [0.4, 0.5) is 0 Å². The summed E-state index contributed by atoms with van der Waals surface area (Å²) in [4.78, 5) is 0. The van der Waals surface area contributed by atoms with E-state index in [1.807, 2.05) is 0 Å². The SMILES string of the molecule is C#C.SS. The van der Waals surface area contributed by atoms with E-state index in [1.165, 1.54) is 0 Å². The summed E-state index contributed by atoms with van der Waals surface area (Å²) in [5, 5.41) is 0. The van der Waals surface area contributed by atoms with Gasteiger partial charge in [-0.15, -0.1) is 36.2 Å². The molecule has 4 heavy (non-hydrogen) atoms. The summed E-state index contributed by atoms with van der Waals surface area (Å²) in [5.74, 6) is 0. The fraction of sp³-hybridized carbons (Fsp3) is 0. The molecule has 0 N–H and O–H groups in total. The van der Waals surface area contributed by atoms with Gasteiger partial charge in [-0.25, -0.2) is 0 Å². The molecule has 0 heterocycles. The summed E-state index contributed by atoms with van der Waals surface area (Å²) in [6.07, 6.45) is 8.00. The maximum Gasteiger partial charge on any atom is -0.115 e. The van der Waals surface area contributed by atoms with Crippen molar-refractivity contribution in [2.45, 2.75) is 0 Å². The van der Waals surface area contributed by atoms with Gasteiger partial charge in [0.2, 0.25) is 0 Å². The Labute approximate surface area is 36.8 Å². The van der Waals surface area contributed by atoms with Gasteiger partial charge in [0.25, 0.3) is 0 Å². The minimum Gasteiger partial charge on any atom is -0.124 e. The molecule has 0 aromatic heterocycles. The second-order valence-corrected chi connectivity index (χ2v) is 0. The highest BCUT2D eigenvalue weighted by Gasteiger charge is 0.885. The van der Waals surface area contributed by atoms with E-state index >= 15 is 0 Å². The third-order valence-corrected chi connectivity index (χ3v) is 0. The average Bonchev–Trinajstić information content (AvgIpc) is 1.50. The first kappa shape index (κ1) is 8.86. The van der Waals surface area contributed by atoms with Crippen molar-refractivity contribution in [3.05, 3.63) is 0 Å². The molecule has 2 heteroatoms. The number of rotatable bonds is 0. The largest absolute Gasteiger partial charge is 0.124 e. The molecule has 0 spiro atoms. The van der Waals surface area contributed by atoms with Crippen LogP contribution in [0.15, 0.2) is 0 Å². The first-order valence-corrected chi connectivity index (χ1v) is 2.13. The highest BCUT2D eigenvalue weighted by atomic mass is 33.1. The van der Waals surface area contributed by atoms with Gasteiger partial charge in [0.15, 0.2) is 0 Å². The van der Waals surface area contributed by atoms with Crippen molar-refractivity contribution in [1.29, 1.82) is 0 Å². The normalized spacial score (nSPS) is 2.00. The summed E-state index contributed by atoms with van der Waals surface area (Å²) in [7, 11) is 0. The standard InChI is InChI=1S/C2H2.H2S2/c2*1-2/h2*1-2H. The molecule has 0 aromatic carbocycles. The van der Waals surface area contributed by atoms with Crippen LogP contribution >= 0.6 is 23.3 Å². The molecule has 0 aliphatic heterocycles. The first-order valence-electron chi connectivity index (χ1n) is 0.533. The fourth-order valence-corrected chi connectivity index (χ4v) is 0. The van der Waals surface area contributed by atoms with Crippen molar-refractivity contribution < 1.29 is 0 Å². The Balaban J connectivity index is 0. The second-order valence-electron chi connectivity index (χ2n) is 0. The summed E-state index contributed by atoms with van der Waals surface area (Å²) in [6, 6.07) is 0. The van der Waals surface area contributed by atoms with E-state index in [9.17, 15) is 0 Å². The average molecular weight is 92.2 g/mol. The molecule has 0 saturated heterocycles. The van der Waals surface area contributed by atoms with Gasteiger partial charge in [-0.3, -0.25) is 0 Å². The molecule has 0 fully saturated rings. The van der Waals surface area contributed by atoms with Gasteiger partial charge in [-0.05, 0) is 0 Å². The third kappa shape index (κ3) is 53.1. The van der Waals surface area contributed by atoms with Crippen LogP contribution in [0.3, 0.4) is 0 Å². The van der Waals surface area contributed by atoms with Crippen molar-refractivity contribution in [3.8, 4) is 12.8 Å². The lowest BCUT2D eigenvalue weighted by Crippen LogP contribution is -0.576. The molecule has 0 amide bonds. The first-order chi connectivity index (χ1) is 2.00. The predicted molar refractivity (Wildman–Crippen MR) is 27.9 cm³/mol. The van der Waals surface area contributed by atoms with Crippen molar-refractivity contribution in [2.75, 3.05) is 0 Å². The summed E-state index contributed by atoms with van der Waals surface area (Å²) in [6.45, 7) is 0. The molecule has 0 aliphatic carbocycles. The quantitative estimate of drug-likeness (QED) is 0.249. The molecule has 0 bridgehead atoms. The van der Waals surface area contributed by atoms with Crippen molar-refractivity contribution in [1.82, 2.24) is 0 Å². The Morgan fingerprint density at radius 3 is 1.00 bits per heavy atom. The van der Waals surface area contributed by atoms with Gasteiger partial charge in [-0.1, -0.05) is 0 Å². The van der Waals surface area contributed by atoms with Crippen LogP contribution < -0.4 is 0 Å². The van der Waals surface area contributed by atoms with Gasteiger partial charge in [0.05, 0.1) is 0 Å². The van der Waals surface area contributed by atoms with Crippen molar-refractivity contribution in [2.24, 2.45) is 0 Å². The minimum atomic E-state index is 3.22. The molecule has 0 aliphatic rings. The van der Waals surface area contributed by atoms with E-state index in [0.29, 0.717) is 0 Å².